The molecule has 0 fully saturated rings. The highest BCUT2D eigenvalue weighted by molar-refractivity contribution is 7.89. The molecule has 10 heteroatoms. The highest BCUT2D eigenvalue weighted by Crippen LogP contribution is 2.18. The summed E-state index contributed by atoms with van der Waals surface area (Å²) in [4.78, 5) is 23.6. The molecule has 2 aromatic rings. The van der Waals surface area contributed by atoms with E-state index < -0.39 is 34.2 Å². The third-order valence-electron chi connectivity index (χ3n) is 3.57. The van der Waals surface area contributed by atoms with Crippen LogP contribution in [0.15, 0.2) is 47.4 Å². The minimum atomic E-state index is -3.83. The monoisotopic (exact) mass is 429 g/mol. The number of benzene rings is 2. The second-order valence-electron chi connectivity index (χ2n) is 5.54. The molecular formula is C18H17ClFNO6S. The van der Waals surface area contributed by atoms with Gasteiger partial charge in [0.15, 0.2) is 24.0 Å². The Balaban J connectivity index is 1.81. The summed E-state index contributed by atoms with van der Waals surface area (Å²) >= 11 is 5.75. The van der Waals surface area contributed by atoms with Crippen molar-refractivity contribution in [2.75, 3.05) is 20.3 Å². The fraction of sp³-hybridized carbons (Fsp3) is 0.222. The van der Waals surface area contributed by atoms with Crippen LogP contribution in [0.3, 0.4) is 0 Å². The fourth-order valence-corrected chi connectivity index (χ4v) is 3.48. The standard InChI is InChI=1S/C18H17ClFNO6S/c1-26-17-6-5-12(9-15(17)20)16(22)11-27-18(23)7-8-21-28(24,25)14-4-2-3-13(19)10-14/h2-6,9-10,21H,7-8,11H2,1H3. The van der Waals surface area contributed by atoms with Crippen LogP contribution in [-0.2, 0) is 19.6 Å². The zero-order valence-corrected chi connectivity index (χ0v) is 16.3. The first-order valence-corrected chi connectivity index (χ1v) is 9.86. The van der Waals surface area contributed by atoms with Gasteiger partial charge in [0.05, 0.1) is 18.4 Å². The Kier molecular flexibility index (Phi) is 7.50. The van der Waals surface area contributed by atoms with Crippen molar-refractivity contribution in [3.8, 4) is 5.75 Å². The van der Waals surface area contributed by atoms with Crippen molar-refractivity contribution in [3.05, 3.63) is 58.9 Å². The first-order valence-electron chi connectivity index (χ1n) is 8.00. The molecule has 7 nitrogen and oxygen atoms in total. The smallest absolute Gasteiger partial charge is 0.307 e. The molecule has 1 N–H and O–H groups in total. The summed E-state index contributed by atoms with van der Waals surface area (Å²) in [5.41, 5.74) is 0.0211. The minimum absolute atomic E-state index is 0.0134. The molecular weight excluding hydrogens is 413 g/mol. The highest BCUT2D eigenvalue weighted by Gasteiger charge is 2.16. The van der Waals surface area contributed by atoms with E-state index in [1.165, 1.54) is 43.5 Å². The summed E-state index contributed by atoms with van der Waals surface area (Å²) < 4.78 is 49.5. The number of esters is 1. The number of carbonyl (C=O) groups is 2. The average molecular weight is 430 g/mol. The molecule has 0 radical (unpaired) electrons. The van der Waals surface area contributed by atoms with E-state index in [-0.39, 0.29) is 34.2 Å². The molecule has 0 aliphatic carbocycles. The van der Waals surface area contributed by atoms with E-state index in [1.54, 1.807) is 0 Å². The zero-order chi connectivity index (χ0) is 20.7. The van der Waals surface area contributed by atoms with Crippen LogP contribution in [0, 0.1) is 5.82 Å². The summed E-state index contributed by atoms with van der Waals surface area (Å²) in [6.45, 7) is -0.815. The van der Waals surface area contributed by atoms with Crippen molar-refractivity contribution in [1.82, 2.24) is 4.72 Å². The Morgan fingerprint density at radius 3 is 2.57 bits per heavy atom. The molecule has 0 heterocycles. The zero-order valence-electron chi connectivity index (χ0n) is 14.8. The van der Waals surface area contributed by atoms with E-state index in [0.717, 1.165) is 6.07 Å². The van der Waals surface area contributed by atoms with Gasteiger partial charge in [0.1, 0.15) is 0 Å². The van der Waals surface area contributed by atoms with Crippen molar-refractivity contribution in [2.45, 2.75) is 11.3 Å². The molecule has 0 saturated carbocycles. The van der Waals surface area contributed by atoms with Gasteiger partial charge in [0, 0.05) is 17.1 Å². The number of rotatable bonds is 9. The van der Waals surface area contributed by atoms with Gasteiger partial charge >= 0.3 is 5.97 Å². The topological polar surface area (TPSA) is 98.8 Å². The van der Waals surface area contributed by atoms with Gasteiger partial charge in [-0.05, 0) is 36.4 Å². The molecule has 0 spiro atoms. The van der Waals surface area contributed by atoms with Crippen LogP contribution in [0.1, 0.15) is 16.8 Å². The molecule has 0 aromatic heterocycles. The summed E-state index contributed by atoms with van der Waals surface area (Å²) in [5, 5.41) is 0.260. The molecule has 150 valence electrons. The summed E-state index contributed by atoms with van der Waals surface area (Å²) in [6, 6.07) is 9.26. The van der Waals surface area contributed by atoms with E-state index in [0.29, 0.717) is 0 Å². The van der Waals surface area contributed by atoms with Gasteiger partial charge in [-0.2, -0.15) is 0 Å². The Hall–Kier alpha value is -2.49. The summed E-state index contributed by atoms with van der Waals surface area (Å²) in [6.07, 6.45) is -0.288. The van der Waals surface area contributed by atoms with E-state index >= 15 is 0 Å². The number of hydrogen-bond acceptors (Lipinski definition) is 6. The molecule has 0 aliphatic heterocycles. The number of methoxy groups -OCH3 is 1. The lowest BCUT2D eigenvalue weighted by Gasteiger charge is -2.08. The normalized spacial score (nSPS) is 11.1. The third kappa shape index (κ3) is 6.01. The predicted molar refractivity (Wildman–Crippen MR) is 99.5 cm³/mol. The number of hydrogen-bond donors (Lipinski definition) is 1. The Morgan fingerprint density at radius 1 is 1.18 bits per heavy atom. The highest BCUT2D eigenvalue weighted by atomic mass is 35.5. The molecule has 0 bridgehead atoms. The second-order valence-corrected chi connectivity index (χ2v) is 7.74. The van der Waals surface area contributed by atoms with Crippen molar-refractivity contribution < 1.29 is 31.9 Å². The lowest BCUT2D eigenvalue weighted by molar-refractivity contribution is -0.142. The van der Waals surface area contributed by atoms with E-state index in [1.807, 2.05) is 0 Å². The number of sulfonamides is 1. The maximum Gasteiger partial charge on any atom is 0.307 e. The third-order valence-corrected chi connectivity index (χ3v) is 5.26. The van der Waals surface area contributed by atoms with Gasteiger partial charge in [-0.15, -0.1) is 0 Å². The van der Waals surface area contributed by atoms with Gasteiger partial charge in [-0.3, -0.25) is 9.59 Å². The van der Waals surface area contributed by atoms with Crippen LogP contribution in [0.25, 0.3) is 0 Å². The number of nitrogens with one attached hydrogen (secondary N) is 1. The number of ether oxygens (including phenoxy) is 2. The number of halogens is 2. The molecule has 0 saturated heterocycles. The van der Waals surface area contributed by atoms with Crippen LogP contribution >= 0.6 is 11.6 Å². The van der Waals surface area contributed by atoms with Crippen molar-refractivity contribution >= 4 is 33.4 Å². The van der Waals surface area contributed by atoms with E-state index in [2.05, 4.69) is 4.72 Å². The molecule has 28 heavy (non-hydrogen) atoms. The van der Waals surface area contributed by atoms with Crippen molar-refractivity contribution in [3.63, 3.8) is 0 Å². The molecule has 0 atom stereocenters. The SMILES string of the molecule is COc1ccc(C(=O)COC(=O)CCNS(=O)(=O)c2cccc(Cl)c2)cc1F. The number of carbonyl (C=O) groups excluding carboxylic acids is 2. The second kappa shape index (κ2) is 9.63. The largest absolute Gasteiger partial charge is 0.494 e. The average Bonchev–Trinajstić information content (AvgIpc) is 2.66. The first kappa shape index (κ1) is 21.8. The summed E-state index contributed by atoms with van der Waals surface area (Å²) in [7, 11) is -2.53. The number of Topliss-reactive ketones (excluding diaryl/α,β-unsaturated/α-hetero) is 1. The van der Waals surface area contributed by atoms with Gasteiger partial charge in [-0.25, -0.2) is 17.5 Å². The Bertz CT molecular complexity index is 980. The van der Waals surface area contributed by atoms with Gasteiger partial charge in [0.25, 0.3) is 0 Å². The minimum Gasteiger partial charge on any atom is -0.494 e. The Morgan fingerprint density at radius 2 is 1.93 bits per heavy atom. The Labute approximate surface area is 166 Å². The first-order chi connectivity index (χ1) is 13.2. The molecule has 0 amide bonds. The van der Waals surface area contributed by atoms with Crippen LogP contribution in [0.4, 0.5) is 4.39 Å². The van der Waals surface area contributed by atoms with E-state index in [9.17, 15) is 22.4 Å². The van der Waals surface area contributed by atoms with Crippen LogP contribution in [-0.4, -0.2) is 40.4 Å². The van der Waals surface area contributed by atoms with Crippen LogP contribution in [0.2, 0.25) is 5.02 Å². The molecule has 0 unspecified atom stereocenters. The maximum absolute atomic E-state index is 13.6. The lowest BCUT2D eigenvalue weighted by Crippen LogP contribution is -2.27. The van der Waals surface area contributed by atoms with Crippen molar-refractivity contribution in [2.24, 2.45) is 0 Å². The van der Waals surface area contributed by atoms with Crippen molar-refractivity contribution in [1.29, 1.82) is 0 Å². The van der Waals surface area contributed by atoms with E-state index in [4.69, 9.17) is 21.1 Å². The van der Waals surface area contributed by atoms with Gasteiger partial charge in [-0.1, -0.05) is 17.7 Å². The van der Waals surface area contributed by atoms with Crippen LogP contribution < -0.4 is 9.46 Å². The quantitative estimate of drug-likeness (QED) is 0.486. The fourth-order valence-electron chi connectivity index (χ4n) is 2.15. The predicted octanol–water partition coefficient (Wildman–Crippen LogP) is 2.58. The summed E-state index contributed by atoms with van der Waals surface area (Å²) in [5.74, 6) is -2.11. The molecule has 2 rings (SSSR count). The van der Waals surface area contributed by atoms with Gasteiger partial charge < -0.3 is 9.47 Å². The molecule has 0 aliphatic rings. The van der Waals surface area contributed by atoms with Crippen LogP contribution in [0.5, 0.6) is 5.75 Å². The maximum atomic E-state index is 13.6. The lowest BCUT2D eigenvalue weighted by atomic mass is 10.1. The van der Waals surface area contributed by atoms with Gasteiger partial charge in [0.2, 0.25) is 10.0 Å². The molecule has 2 aromatic carbocycles. The number of ketones is 1.